The van der Waals surface area contributed by atoms with Crippen molar-refractivity contribution in [1.29, 1.82) is 0 Å². The lowest BCUT2D eigenvalue weighted by Gasteiger charge is -2.07. The van der Waals surface area contributed by atoms with E-state index in [0.29, 0.717) is 11.3 Å². The van der Waals surface area contributed by atoms with Gasteiger partial charge in [-0.3, -0.25) is 4.79 Å². The zero-order valence-electron chi connectivity index (χ0n) is 10.6. The van der Waals surface area contributed by atoms with E-state index >= 15 is 0 Å². The van der Waals surface area contributed by atoms with Crippen molar-refractivity contribution in [1.82, 2.24) is 0 Å². The Morgan fingerprint density at radius 1 is 1.11 bits per heavy atom. The molecule has 3 nitrogen and oxygen atoms in total. The van der Waals surface area contributed by atoms with E-state index in [1.165, 1.54) is 0 Å². The maximum Gasteiger partial charge on any atom is 0.258 e. The van der Waals surface area contributed by atoms with E-state index in [-0.39, 0.29) is 5.91 Å². The maximum atomic E-state index is 12.3. The van der Waals surface area contributed by atoms with Gasteiger partial charge in [-0.15, -0.1) is 0 Å². The van der Waals surface area contributed by atoms with Crippen LogP contribution < -0.4 is 10.6 Å². The van der Waals surface area contributed by atoms with Crippen LogP contribution in [0.5, 0.6) is 0 Å². The van der Waals surface area contributed by atoms with Crippen LogP contribution in [0, 0.1) is 0 Å². The summed E-state index contributed by atoms with van der Waals surface area (Å²) in [6.45, 7) is 0. The predicted octanol–water partition coefficient (Wildman–Crippen LogP) is 2.79. The van der Waals surface area contributed by atoms with Crippen molar-refractivity contribution >= 4 is 28.9 Å². The van der Waals surface area contributed by atoms with Gasteiger partial charge in [-0.25, -0.2) is 0 Å². The van der Waals surface area contributed by atoms with Gasteiger partial charge in [-0.05, 0) is 29.8 Å². The highest BCUT2D eigenvalue weighted by Crippen LogP contribution is 2.36. The highest BCUT2D eigenvalue weighted by molar-refractivity contribution is 6.35. The van der Waals surface area contributed by atoms with Crippen molar-refractivity contribution in [2.45, 2.75) is 0 Å². The number of anilines is 2. The van der Waals surface area contributed by atoms with Gasteiger partial charge in [0.1, 0.15) is 0 Å². The molecule has 0 unspecified atom stereocenters. The van der Waals surface area contributed by atoms with Gasteiger partial charge in [0.15, 0.2) is 0 Å². The third kappa shape index (κ3) is 1.89. The van der Waals surface area contributed by atoms with Crippen LogP contribution in [0.2, 0.25) is 0 Å². The van der Waals surface area contributed by atoms with E-state index < -0.39 is 0 Å². The summed E-state index contributed by atoms with van der Waals surface area (Å²) in [7, 11) is 1.79. The van der Waals surface area contributed by atoms with Gasteiger partial charge in [-0.2, -0.15) is 0 Å². The molecule has 1 heterocycles. The number of likely N-dealkylation sites (N-methyl/N-ethyl adjacent to an activating group) is 1. The summed E-state index contributed by atoms with van der Waals surface area (Å²) < 4.78 is 0. The van der Waals surface area contributed by atoms with Gasteiger partial charge in [0.25, 0.3) is 5.91 Å². The first-order valence-electron chi connectivity index (χ1n) is 6.11. The average molecular weight is 250 g/mol. The molecule has 0 atom stereocenters. The fourth-order valence-corrected chi connectivity index (χ4v) is 2.35. The van der Waals surface area contributed by atoms with E-state index in [1.54, 1.807) is 11.9 Å². The fraction of sp³-hybridized carbons (Fsp3) is 0.0625. The molecule has 2 aromatic carbocycles. The minimum absolute atomic E-state index is 0.0172. The van der Waals surface area contributed by atoms with E-state index in [0.717, 1.165) is 16.8 Å². The highest BCUT2D eigenvalue weighted by atomic mass is 16.2. The molecule has 1 aliphatic heterocycles. The standard InChI is InChI=1S/C16H14N2O/c1-18-15-8-3-2-7-13(15)14(16(18)19)10-11-5-4-6-12(17)9-11/h2-10H,17H2,1H3/b14-10-. The Hall–Kier alpha value is -2.55. The van der Waals surface area contributed by atoms with Crippen LogP contribution in [0.3, 0.4) is 0 Å². The van der Waals surface area contributed by atoms with Crippen molar-refractivity contribution in [3.05, 3.63) is 59.7 Å². The number of hydrogen-bond acceptors (Lipinski definition) is 2. The van der Waals surface area contributed by atoms with E-state index in [2.05, 4.69) is 0 Å². The molecule has 94 valence electrons. The molecule has 0 radical (unpaired) electrons. The molecule has 3 rings (SSSR count). The summed E-state index contributed by atoms with van der Waals surface area (Å²) in [4.78, 5) is 14.0. The number of rotatable bonds is 1. The number of benzene rings is 2. The summed E-state index contributed by atoms with van der Waals surface area (Å²) in [5.41, 5.74) is 10.0. The zero-order valence-corrected chi connectivity index (χ0v) is 10.6. The second-order valence-corrected chi connectivity index (χ2v) is 4.61. The normalized spacial score (nSPS) is 15.9. The summed E-state index contributed by atoms with van der Waals surface area (Å²) >= 11 is 0. The van der Waals surface area contributed by atoms with Gasteiger partial charge in [0.2, 0.25) is 0 Å². The first-order valence-corrected chi connectivity index (χ1v) is 6.11. The minimum atomic E-state index is 0.0172. The van der Waals surface area contributed by atoms with Gasteiger partial charge in [-0.1, -0.05) is 30.3 Å². The lowest BCUT2D eigenvalue weighted by Crippen LogP contribution is -2.20. The number of para-hydroxylation sites is 1. The molecule has 1 aliphatic rings. The molecule has 0 saturated heterocycles. The Balaban J connectivity index is 2.13. The Kier molecular flexibility index (Phi) is 2.60. The van der Waals surface area contributed by atoms with Crippen molar-refractivity contribution in [3.8, 4) is 0 Å². The summed E-state index contributed by atoms with van der Waals surface area (Å²) in [6, 6.07) is 15.3. The van der Waals surface area contributed by atoms with E-state index in [1.807, 2.05) is 54.6 Å². The van der Waals surface area contributed by atoms with Crippen LogP contribution in [0.15, 0.2) is 48.5 Å². The van der Waals surface area contributed by atoms with Crippen LogP contribution in [0.25, 0.3) is 11.6 Å². The summed E-state index contributed by atoms with van der Waals surface area (Å²) in [6.07, 6.45) is 1.89. The number of fused-ring (bicyclic) bond motifs is 1. The van der Waals surface area contributed by atoms with Crippen LogP contribution in [-0.4, -0.2) is 13.0 Å². The predicted molar refractivity (Wildman–Crippen MR) is 78.6 cm³/mol. The first kappa shape index (κ1) is 11.5. The summed E-state index contributed by atoms with van der Waals surface area (Å²) in [5, 5.41) is 0. The molecule has 2 N–H and O–H groups in total. The fourth-order valence-electron chi connectivity index (χ4n) is 2.35. The van der Waals surface area contributed by atoms with Crippen molar-refractivity contribution in [2.75, 3.05) is 17.7 Å². The Labute approximate surface area is 112 Å². The van der Waals surface area contributed by atoms with Crippen molar-refractivity contribution in [3.63, 3.8) is 0 Å². The zero-order chi connectivity index (χ0) is 13.4. The molecule has 1 amide bonds. The number of nitrogens with zero attached hydrogens (tertiary/aromatic N) is 1. The number of carbonyl (C=O) groups excluding carboxylic acids is 1. The smallest absolute Gasteiger partial charge is 0.258 e. The first-order chi connectivity index (χ1) is 9.16. The molecule has 0 spiro atoms. The molecule has 2 aromatic rings. The molecule has 0 saturated carbocycles. The molecule has 0 aliphatic carbocycles. The Bertz CT molecular complexity index is 689. The SMILES string of the molecule is CN1C(=O)/C(=C\c2cccc(N)c2)c2ccccc21. The minimum Gasteiger partial charge on any atom is -0.399 e. The van der Waals surface area contributed by atoms with E-state index in [9.17, 15) is 4.79 Å². The molecule has 3 heteroatoms. The van der Waals surface area contributed by atoms with Gasteiger partial charge in [0.05, 0.1) is 5.69 Å². The maximum absolute atomic E-state index is 12.3. The van der Waals surface area contributed by atoms with Crippen molar-refractivity contribution < 1.29 is 4.79 Å². The summed E-state index contributed by atoms with van der Waals surface area (Å²) in [5.74, 6) is 0.0172. The molecule has 19 heavy (non-hydrogen) atoms. The molecule has 0 aromatic heterocycles. The highest BCUT2D eigenvalue weighted by Gasteiger charge is 2.28. The topological polar surface area (TPSA) is 46.3 Å². The number of amides is 1. The van der Waals surface area contributed by atoms with Crippen LogP contribution in [0.1, 0.15) is 11.1 Å². The number of nitrogens with two attached hydrogens (primary N) is 1. The van der Waals surface area contributed by atoms with Gasteiger partial charge < -0.3 is 10.6 Å². The molecular weight excluding hydrogens is 236 g/mol. The van der Waals surface area contributed by atoms with Crippen LogP contribution in [0.4, 0.5) is 11.4 Å². The number of carbonyl (C=O) groups is 1. The monoisotopic (exact) mass is 250 g/mol. The lowest BCUT2D eigenvalue weighted by atomic mass is 10.0. The number of nitrogen functional groups attached to an aromatic ring is 1. The second-order valence-electron chi connectivity index (χ2n) is 4.61. The Morgan fingerprint density at radius 2 is 1.89 bits per heavy atom. The lowest BCUT2D eigenvalue weighted by molar-refractivity contribution is -0.112. The molecular formula is C16H14N2O. The average Bonchev–Trinajstić information content (AvgIpc) is 2.65. The van der Waals surface area contributed by atoms with Gasteiger partial charge in [0, 0.05) is 23.9 Å². The number of hydrogen-bond donors (Lipinski definition) is 1. The quantitative estimate of drug-likeness (QED) is 0.625. The third-order valence-electron chi connectivity index (χ3n) is 3.31. The Morgan fingerprint density at radius 3 is 2.68 bits per heavy atom. The third-order valence-corrected chi connectivity index (χ3v) is 3.31. The van der Waals surface area contributed by atoms with Crippen molar-refractivity contribution in [2.24, 2.45) is 0 Å². The molecule has 0 bridgehead atoms. The molecule has 0 fully saturated rings. The van der Waals surface area contributed by atoms with Gasteiger partial charge >= 0.3 is 0 Å². The largest absolute Gasteiger partial charge is 0.399 e. The second kappa shape index (κ2) is 4.28. The van der Waals surface area contributed by atoms with E-state index in [4.69, 9.17) is 5.73 Å². The van der Waals surface area contributed by atoms with Crippen LogP contribution in [-0.2, 0) is 4.79 Å². The van der Waals surface area contributed by atoms with Crippen LogP contribution >= 0.6 is 0 Å².